The molecule has 0 aromatic carbocycles. The molecule has 1 rings (SSSR count). The molecular weight excluding hydrogens is 134 g/mol. The molecule has 1 saturated carbocycles. The Kier molecular flexibility index (Phi) is 2.29. The highest BCUT2D eigenvalue weighted by atomic mass is 14.8. The molecule has 66 valence electrons. The summed E-state index contributed by atoms with van der Waals surface area (Å²) >= 11 is 0. The molecule has 0 saturated heterocycles. The zero-order chi connectivity index (χ0) is 8.65. The van der Waals surface area contributed by atoms with Gasteiger partial charge in [-0.15, -0.1) is 0 Å². The van der Waals surface area contributed by atoms with Crippen molar-refractivity contribution in [2.75, 3.05) is 0 Å². The summed E-state index contributed by atoms with van der Waals surface area (Å²) in [6, 6.07) is 0.462. The van der Waals surface area contributed by atoms with Gasteiger partial charge in [-0.25, -0.2) is 0 Å². The van der Waals surface area contributed by atoms with Gasteiger partial charge in [0.05, 0.1) is 0 Å². The average Bonchev–Trinajstić information content (AvgIpc) is 2.34. The molecule has 11 heavy (non-hydrogen) atoms. The molecule has 1 aliphatic rings. The fourth-order valence-electron chi connectivity index (χ4n) is 2.44. The highest BCUT2D eigenvalue weighted by molar-refractivity contribution is 5.10. The van der Waals surface area contributed by atoms with Crippen LogP contribution in [0.1, 0.15) is 40.5 Å². The van der Waals surface area contributed by atoms with Gasteiger partial charge in [-0.05, 0) is 17.3 Å². The molecule has 1 nitrogen and oxygen atoms in total. The lowest BCUT2D eigenvalue weighted by Gasteiger charge is -2.10. The zero-order valence-electron chi connectivity index (χ0n) is 8.22. The Hall–Kier alpha value is -0.0400. The topological polar surface area (TPSA) is 26.0 Å². The summed E-state index contributed by atoms with van der Waals surface area (Å²) in [6.45, 7) is 9.16. The van der Waals surface area contributed by atoms with E-state index in [9.17, 15) is 0 Å². The van der Waals surface area contributed by atoms with Gasteiger partial charge in [0.25, 0.3) is 0 Å². The van der Waals surface area contributed by atoms with Gasteiger partial charge in [-0.3, -0.25) is 0 Å². The first-order valence-electron chi connectivity index (χ1n) is 4.77. The quantitative estimate of drug-likeness (QED) is 0.665. The van der Waals surface area contributed by atoms with Gasteiger partial charge in [0, 0.05) is 6.04 Å². The molecular formula is C10H21N. The van der Waals surface area contributed by atoms with Gasteiger partial charge >= 0.3 is 0 Å². The predicted octanol–water partition coefficient (Wildman–Crippen LogP) is 2.41. The van der Waals surface area contributed by atoms with Crippen LogP contribution in [0.3, 0.4) is 0 Å². The Balaban J connectivity index is 2.40. The first kappa shape index (κ1) is 9.05. The average molecular weight is 155 g/mol. The second-order valence-corrected chi connectivity index (χ2v) is 4.64. The van der Waals surface area contributed by atoms with E-state index < -0.39 is 0 Å². The molecule has 2 N–H and O–H groups in total. The SMILES string of the molecule is CCCC(C)[C@@H]1[C@@H](N)C1(C)C. The first-order valence-corrected chi connectivity index (χ1v) is 4.77. The number of nitrogens with two attached hydrogens (primary N) is 1. The normalized spacial score (nSPS) is 36.8. The summed E-state index contributed by atoms with van der Waals surface area (Å²) in [5.41, 5.74) is 6.40. The Bertz CT molecular complexity index is 140. The van der Waals surface area contributed by atoms with E-state index in [-0.39, 0.29) is 0 Å². The van der Waals surface area contributed by atoms with Crippen LogP contribution >= 0.6 is 0 Å². The van der Waals surface area contributed by atoms with Crippen molar-refractivity contribution in [3.63, 3.8) is 0 Å². The van der Waals surface area contributed by atoms with Gasteiger partial charge < -0.3 is 5.73 Å². The van der Waals surface area contributed by atoms with Crippen LogP contribution in [0.2, 0.25) is 0 Å². The lowest BCUT2D eigenvalue weighted by atomic mass is 9.95. The largest absolute Gasteiger partial charge is 0.327 e. The third-order valence-electron chi connectivity index (χ3n) is 3.35. The van der Waals surface area contributed by atoms with Crippen LogP contribution in [0.4, 0.5) is 0 Å². The van der Waals surface area contributed by atoms with Gasteiger partial charge in [0.1, 0.15) is 0 Å². The second kappa shape index (κ2) is 2.78. The van der Waals surface area contributed by atoms with Crippen LogP contribution in [0.5, 0.6) is 0 Å². The molecule has 1 aliphatic carbocycles. The predicted molar refractivity (Wildman–Crippen MR) is 49.3 cm³/mol. The fraction of sp³-hybridized carbons (Fsp3) is 1.00. The lowest BCUT2D eigenvalue weighted by molar-refractivity contribution is 0.395. The van der Waals surface area contributed by atoms with E-state index in [1.165, 1.54) is 12.8 Å². The van der Waals surface area contributed by atoms with Crippen LogP contribution in [0.15, 0.2) is 0 Å². The van der Waals surface area contributed by atoms with Crippen LogP contribution < -0.4 is 5.73 Å². The van der Waals surface area contributed by atoms with Crippen molar-refractivity contribution >= 4 is 0 Å². The van der Waals surface area contributed by atoms with Crippen molar-refractivity contribution in [2.24, 2.45) is 23.0 Å². The highest BCUT2D eigenvalue weighted by Crippen LogP contribution is 2.55. The van der Waals surface area contributed by atoms with E-state index >= 15 is 0 Å². The second-order valence-electron chi connectivity index (χ2n) is 4.64. The Morgan fingerprint density at radius 3 is 2.18 bits per heavy atom. The zero-order valence-corrected chi connectivity index (χ0v) is 8.22. The summed E-state index contributed by atoms with van der Waals surface area (Å²) in [6.07, 6.45) is 2.63. The third-order valence-corrected chi connectivity index (χ3v) is 3.35. The Morgan fingerprint density at radius 1 is 1.45 bits per heavy atom. The first-order chi connectivity index (χ1) is 5.01. The summed E-state index contributed by atoms with van der Waals surface area (Å²) in [5.74, 6) is 1.60. The molecule has 1 fully saturated rings. The minimum atomic E-state index is 0.425. The van der Waals surface area contributed by atoms with Crippen LogP contribution in [0, 0.1) is 17.3 Å². The van der Waals surface area contributed by atoms with Crippen molar-refractivity contribution in [2.45, 2.75) is 46.6 Å². The van der Waals surface area contributed by atoms with Crippen molar-refractivity contribution in [1.29, 1.82) is 0 Å². The molecule has 0 radical (unpaired) electrons. The standard InChI is InChI=1S/C10H21N/c1-5-6-7(2)8-9(11)10(8,3)4/h7-9H,5-6,11H2,1-4H3/t7?,8-,9-/m1/s1. The van der Waals surface area contributed by atoms with Gasteiger partial charge in [0.15, 0.2) is 0 Å². The summed E-state index contributed by atoms with van der Waals surface area (Å²) < 4.78 is 0. The number of hydrogen-bond acceptors (Lipinski definition) is 1. The molecule has 0 spiro atoms. The Labute approximate surface area is 70.4 Å². The Morgan fingerprint density at radius 2 is 1.91 bits per heavy atom. The molecule has 0 amide bonds. The maximum Gasteiger partial charge on any atom is 0.0130 e. The minimum absolute atomic E-state index is 0.425. The van der Waals surface area contributed by atoms with Crippen molar-refractivity contribution in [3.05, 3.63) is 0 Å². The van der Waals surface area contributed by atoms with E-state index in [1.807, 2.05) is 0 Å². The smallest absolute Gasteiger partial charge is 0.0130 e. The van der Waals surface area contributed by atoms with Crippen LogP contribution in [0.25, 0.3) is 0 Å². The molecule has 3 atom stereocenters. The van der Waals surface area contributed by atoms with Gasteiger partial charge in [-0.1, -0.05) is 40.5 Å². The van der Waals surface area contributed by atoms with Gasteiger partial charge in [-0.2, -0.15) is 0 Å². The van der Waals surface area contributed by atoms with Crippen molar-refractivity contribution in [3.8, 4) is 0 Å². The lowest BCUT2D eigenvalue weighted by Crippen LogP contribution is -2.08. The molecule has 0 aliphatic heterocycles. The van der Waals surface area contributed by atoms with E-state index in [0.29, 0.717) is 11.5 Å². The molecule has 0 heterocycles. The third kappa shape index (κ3) is 1.44. The molecule has 0 aromatic heterocycles. The van der Waals surface area contributed by atoms with Crippen molar-refractivity contribution < 1.29 is 0 Å². The van der Waals surface area contributed by atoms with Crippen LogP contribution in [-0.2, 0) is 0 Å². The summed E-state index contributed by atoms with van der Waals surface area (Å²) in [5, 5.41) is 0. The van der Waals surface area contributed by atoms with Gasteiger partial charge in [0.2, 0.25) is 0 Å². The summed E-state index contributed by atoms with van der Waals surface area (Å²) in [4.78, 5) is 0. The van der Waals surface area contributed by atoms with Crippen molar-refractivity contribution in [1.82, 2.24) is 0 Å². The minimum Gasteiger partial charge on any atom is -0.327 e. The fourth-order valence-corrected chi connectivity index (χ4v) is 2.44. The van der Waals surface area contributed by atoms with E-state index in [0.717, 1.165) is 11.8 Å². The molecule has 0 aromatic rings. The number of hydrogen-bond donors (Lipinski definition) is 1. The molecule has 0 bridgehead atoms. The van der Waals surface area contributed by atoms with E-state index in [1.54, 1.807) is 0 Å². The summed E-state index contributed by atoms with van der Waals surface area (Å²) in [7, 11) is 0. The molecule has 1 heteroatoms. The monoisotopic (exact) mass is 155 g/mol. The van der Waals surface area contributed by atoms with E-state index in [2.05, 4.69) is 27.7 Å². The molecule has 1 unspecified atom stereocenters. The highest BCUT2D eigenvalue weighted by Gasteiger charge is 2.57. The van der Waals surface area contributed by atoms with Crippen LogP contribution in [-0.4, -0.2) is 6.04 Å². The maximum atomic E-state index is 5.98. The number of rotatable bonds is 3. The van der Waals surface area contributed by atoms with E-state index in [4.69, 9.17) is 5.73 Å². The maximum absolute atomic E-state index is 5.98.